The fraction of sp³-hybridized carbons (Fsp3) is 0.400. The molecule has 1 aromatic rings. The predicted molar refractivity (Wildman–Crippen MR) is 90.1 cm³/mol. The highest BCUT2D eigenvalue weighted by Gasteiger charge is 2.44. The molecule has 1 aliphatic rings. The highest BCUT2D eigenvalue weighted by atomic mass is 32.8. The van der Waals surface area contributed by atoms with E-state index < -0.39 is 41.5 Å². The number of carbonyl (C=O) groups is 1. The molecule has 9 heteroatoms. The van der Waals surface area contributed by atoms with Gasteiger partial charge in [0.2, 0.25) is 9.64 Å². The number of rotatable bonds is 5. The molecule has 0 saturated heterocycles. The van der Waals surface area contributed by atoms with Gasteiger partial charge in [0, 0.05) is 0 Å². The minimum atomic E-state index is -4.11. The molecule has 0 radical (unpaired) electrons. The first kappa shape index (κ1) is 19.0. The lowest BCUT2D eigenvalue weighted by atomic mass is 10.1. The molecule has 0 fully saturated rings. The molecule has 0 amide bonds. The zero-order valence-electron chi connectivity index (χ0n) is 13.3. The van der Waals surface area contributed by atoms with Gasteiger partial charge in [-0.25, -0.2) is 12.8 Å². The van der Waals surface area contributed by atoms with Crippen molar-refractivity contribution in [2.45, 2.75) is 32.5 Å². The lowest BCUT2D eigenvalue weighted by molar-refractivity contribution is -0.150. The normalized spacial score (nSPS) is 22.6. The van der Waals surface area contributed by atoms with Crippen LogP contribution in [0, 0.1) is 6.92 Å². The van der Waals surface area contributed by atoms with E-state index in [9.17, 15) is 22.7 Å². The number of esters is 1. The number of nitrogens with zero attached hydrogens (tertiary/aromatic N) is 1. The summed E-state index contributed by atoms with van der Waals surface area (Å²) in [6.07, 6.45) is -1.19. The van der Waals surface area contributed by atoms with Crippen molar-refractivity contribution in [3.05, 3.63) is 41.7 Å². The quantitative estimate of drug-likeness (QED) is 0.621. The highest BCUT2D eigenvalue weighted by Crippen LogP contribution is 2.34. The van der Waals surface area contributed by atoms with Crippen LogP contribution < -0.4 is 5.30 Å². The molecule has 3 unspecified atom stereocenters. The summed E-state index contributed by atoms with van der Waals surface area (Å²) in [6.45, 7) is 3.51. The van der Waals surface area contributed by atoms with Crippen LogP contribution in [0.4, 0.5) is 4.39 Å². The molecule has 1 aromatic carbocycles. The molecule has 24 heavy (non-hydrogen) atoms. The lowest BCUT2D eigenvalue weighted by Gasteiger charge is -2.34. The number of aryl methyl sites for hydroxylation is 1. The van der Waals surface area contributed by atoms with E-state index in [0.29, 0.717) is 9.61 Å². The van der Waals surface area contributed by atoms with Crippen LogP contribution in [-0.2, 0) is 19.2 Å². The van der Waals surface area contributed by atoms with Crippen LogP contribution in [0.3, 0.4) is 0 Å². The van der Waals surface area contributed by atoms with E-state index in [2.05, 4.69) is 0 Å². The third-order valence-electron chi connectivity index (χ3n) is 3.47. The zero-order valence-corrected chi connectivity index (χ0v) is 15.1. The molecule has 6 nitrogen and oxygen atoms in total. The number of aliphatic hydroxyl groups excluding tert-OH is 1. The summed E-state index contributed by atoms with van der Waals surface area (Å²) in [4.78, 5) is 12.0. The van der Waals surface area contributed by atoms with E-state index in [1.807, 2.05) is 6.92 Å². The summed E-state index contributed by atoms with van der Waals surface area (Å²) in [7, 11) is -4.86. The Morgan fingerprint density at radius 1 is 1.42 bits per heavy atom. The van der Waals surface area contributed by atoms with E-state index in [-0.39, 0.29) is 13.0 Å². The highest BCUT2D eigenvalue weighted by molar-refractivity contribution is 8.44. The van der Waals surface area contributed by atoms with E-state index >= 15 is 0 Å². The maximum Gasteiger partial charge on any atom is 0.324 e. The van der Waals surface area contributed by atoms with E-state index in [0.717, 1.165) is 11.6 Å². The Hall–Kier alpha value is -1.34. The molecular weight excluding hydrogens is 356 g/mol. The first-order valence-electron chi connectivity index (χ1n) is 7.34. The van der Waals surface area contributed by atoms with Crippen LogP contribution >= 0.6 is 7.78 Å². The van der Waals surface area contributed by atoms with E-state index in [1.54, 1.807) is 31.2 Å². The first-order chi connectivity index (χ1) is 11.3. The molecule has 0 bridgehead atoms. The molecule has 132 valence electrons. The maximum atomic E-state index is 13.7. The fourth-order valence-corrected chi connectivity index (χ4v) is 6.16. The number of carbonyl (C=O) groups excluding carboxylic acids is 1. The molecular formula is C15H19FNO5PS. The van der Waals surface area contributed by atoms with Gasteiger partial charge >= 0.3 is 5.97 Å². The van der Waals surface area contributed by atoms with Crippen molar-refractivity contribution in [2.24, 2.45) is 0 Å². The van der Waals surface area contributed by atoms with Crippen molar-refractivity contribution in [3.8, 4) is 0 Å². The van der Waals surface area contributed by atoms with Gasteiger partial charge in [-0.2, -0.15) is 4.31 Å². The number of aliphatic hydroxyl groups is 1. The summed E-state index contributed by atoms with van der Waals surface area (Å²) in [5.41, 5.74) is 0.970. The van der Waals surface area contributed by atoms with Gasteiger partial charge < -0.3 is 9.84 Å². The fourth-order valence-electron chi connectivity index (χ4n) is 2.29. The Morgan fingerprint density at radius 2 is 2.04 bits per heavy atom. The average molecular weight is 375 g/mol. The average Bonchev–Trinajstić information content (AvgIpc) is 2.51. The van der Waals surface area contributed by atoms with Gasteiger partial charge in [0.25, 0.3) is 0 Å². The van der Waals surface area contributed by atoms with E-state index in [1.165, 1.54) is 0 Å². The summed E-state index contributed by atoms with van der Waals surface area (Å²) < 4.78 is 44.5. The van der Waals surface area contributed by atoms with Crippen LogP contribution in [0.25, 0.3) is 0 Å². The summed E-state index contributed by atoms with van der Waals surface area (Å²) in [5, 5.41) is 10.5. The van der Waals surface area contributed by atoms with Crippen molar-refractivity contribution in [2.75, 3.05) is 6.61 Å². The molecule has 1 N–H and O–H groups in total. The van der Waals surface area contributed by atoms with Gasteiger partial charge in [-0.15, -0.1) is 0 Å². The second-order valence-electron chi connectivity index (χ2n) is 5.27. The maximum absolute atomic E-state index is 13.7. The van der Waals surface area contributed by atoms with Crippen LogP contribution in [0.15, 0.2) is 36.2 Å². The number of ether oxygens (including phenoxy) is 1. The Labute approximate surface area is 141 Å². The Bertz CT molecular complexity index is 735. The van der Waals surface area contributed by atoms with Gasteiger partial charge in [0.05, 0.1) is 14.4 Å². The van der Waals surface area contributed by atoms with Gasteiger partial charge in [-0.1, -0.05) is 29.8 Å². The van der Waals surface area contributed by atoms with Gasteiger partial charge in [-0.05, 0) is 31.6 Å². The Kier molecular flexibility index (Phi) is 6.09. The van der Waals surface area contributed by atoms with Crippen molar-refractivity contribution in [3.63, 3.8) is 0 Å². The topological polar surface area (TPSA) is 83.9 Å². The minimum absolute atomic E-state index is 0.0613. The van der Waals surface area contributed by atoms with Crippen LogP contribution in [0.5, 0.6) is 0 Å². The molecule has 2 rings (SSSR count). The van der Waals surface area contributed by atoms with Crippen molar-refractivity contribution in [1.82, 2.24) is 4.31 Å². The minimum Gasteiger partial charge on any atom is -0.465 e. The monoisotopic (exact) mass is 375 g/mol. The molecule has 1 heterocycles. The Balaban J connectivity index is 2.33. The molecule has 0 aromatic heterocycles. The number of benzene rings is 1. The third kappa shape index (κ3) is 4.19. The van der Waals surface area contributed by atoms with Crippen LogP contribution in [0.1, 0.15) is 18.9 Å². The van der Waals surface area contributed by atoms with E-state index in [4.69, 9.17) is 4.74 Å². The number of hydrogen-bond acceptors (Lipinski definition) is 5. The van der Waals surface area contributed by atoms with Crippen LogP contribution in [-0.4, -0.2) is 42.7 Å². The molecule has 1 aliphatic heterocycles. The first-order valence-corrected chi connectivity index (χ1v) is 10.5. The molecule has 3 atom stereocenters. The lowest BCUT2D eigenvalue weighted by Crippen LogP contribution is -2.52. The van der Waals surface area contributed by atoms with Crippen molar-refractivity contribution >= 4 is 28.7 Å². The standard InChI is InChI=1S/C15H19FNO5PS/c1-3-22-15(19)13-9-8-12(16)14(18)17(13)24(20,21)23-11-6-4-10(2)5-7-11/h4-8,13-14,18,23H,3,9H2,1-2H3. The summed E-state index contributed by atoms with van der Waals surface area (Å²) in [6, 6.07) is 5.53. The van der Waals surface area contributed by atoms with Crippen molar-refractivity contribution in [1.29, 1.82) is 0 Å². The van der Waals surface area contributed by atoms with Crippen molar-refractivity contribution < 1.29 is 27.4 Å². The van der Waals surface area contributed by atoms with Gasteiger partial charge in [0.1, 0.15) is 11.9 Å². The smallest absolute Gasteiger partial charge is 0.324 e. The molecule has 0 spiro atoms. The second-order valence-corrected chi connectivity index (χ2v) is 9.58. The predicted octanol–water partition coefficient (Wildman–Crippen LogP) is 1.35. The number of halogens is 1. The SMILES string of the molecule is CCOC(=O)C1CC=C(F)C(O)N1S(=O)(=O)Pc1ccc(C)cc1. The summed E-state index contributed by atoms with van der Waals surface area (Å²) in [5.74, 6) is -1.80. The van der Waals surface area contributed by atoms with Gasteiger partial charge in [0.15, 0.2) is 6.23 Å². The zero-order chi connectivity index (χ0) is 17.9. The number of hydrogen-bond donors (Lipinski definition) is 1. The summed E-state index contributed by atoms with van der Waals surface area (Å²) >= 11 is 0. The molecule has 0 aliphatic carbocycles. The second kappa shape index (κ2) is 7.70. The third-order valence-corrected chi connectivity index (χ3v) is 7.42. The largest absolute Gasteiger partial charge is 0.465 e. The van der Waals surface area contributed by atoms with Crippen LogP contribution in [0.2, 0.25) is 0 Å². The Morgan fingerprint density at radius 3 is 2.62 bits per heavy atom. The molecule has 0 saturated carbocycles. The van der Waals surface area contributed by atoms with Gasteiger partial charge in [-0.3, -0.25) is 4.79 Å².